The lowest BCUT2D eigenvalue weighted by molar-refractivity contribution is -0.131. The van der Waals surface area contributed by atoms with E-state index in [0.29, 0.717) is 17.7 Å². The average molecular weight is 376 g/mol. The van der Waals surface area contributed by atoms with Gasteiger partial charge in [0.05, 0.1) is 5.56 Å². The van der Waals surface area contributed by atoms with E-state index in [4.69, 9.17) is 4.74 Å². The molecule has 0 bridgehead atoms. The number of carbonyl (C=O) groups is 2. The highest BCUT2D eigenvalue weighted by Gasteiger charge is 2.27. The van der Waals surface area contributed by atoms with Crippen LogP contribution in [0.5, 0.6) is 5.75 Å². The molecule has 136 valence electrons. The highest BCUT2D eigenvalue weighted by Crippen LogP contribution is 2.45. The van der Waals surface area contributed by atoms with Crippen molar-refractivity contribution in [2.45, 2.75) is 42.4 Å². The molecule has 3 nitrogen and oxygen atoms in total. The number of hydrogen-bond donors (Lipinski definition) is 0. The van der Waals surface area contributed by atoms with Gasteiger partial charge in [-0.3, -0.25) is 9.59 Å². The molecule has 0 atom stereocenters. The highest BCUT2D eigenvalue weighted by molar-refractivity contribution is 7.99. The fourth-order valence-electron chi connectivity index (χ4n) is 3.65. The normalized spacial score (nSPS) is 13.9. The molecule has 27 heavy (non-hydrogen) atoms. The summed E-state index contributed by atoms with van der Waals surface area (Å²) in [5.74, 6) is 0.0969. The number of ketones is 1. The van der Waals surface area contributed by atoms with Crippen LogP contribution in [0, 0.1) is 0 Å². The Morgan fingerprint density at radius 1 is 0.926 bits per heavy atom. The Balaban J connectivity index is 2.03. The molecule has 0 radical (unpaired) electrons. The van der Waals surface area contributed by atoms with Gasteiger partial charge in [-0.05, 0) is 42.3 Å². The molecule has 0 aliphatic heterocycles. The number of hydrogen-bond acceptors (Lipinski definition) is 4. The average Bonchev–Trinajstić information content (AvgIpc) is 2.87. The van der Waals surface area contributed by atoms with E-state index in [1.165, 1.54) is 6.92 Å². The van der Waals surface area contributed by atoms with Gasteiger partial charge in [0.2, 0.25) is 0 Å². The van der Waals surface area contributed by atoms with Crippen LogP contribution in [0.2, 0.25) is 0 Å². The van der Waals surface area contributed by atoms with E-state index in [1.54, 1.807) is 11.8 Å². The van der Waals surface area contributed by atoms with E-state index in [9.17, 15) is 9.59 Å². The molecule has 0 fully saturated rings. The van der Waals surface area contributed by atoms with Gasteiger partial charge < -0.3 is 4.74 Å². The summed E-state index contributed by atoms with van der Waals surface area (Å²) in [6.07, 6.45) is 3.13. The van der Waals surface area contributed by atoms with Crippen molar-refractivity contribution in [1.29, 1.82) is 0 Å². The van der Waals surface area contributed by atoms with Crippen LogP contribution >= 0.6 is 11.8 Å². The molecule has 0 spiro atoms. The van der Waals surface area contributed by atoms with Crippen molar-refractivity contribution < 1.29 is 14.3 Å². The minimum absolute atomic E-state index is 0.0689. The Bertz CT molecular complexity index is 1020. The predicted molar refractivity (Wildman–Crippen MR) is 108 cm³/mol. The summed E-state index contributed by atoms with van der Waals surface area (Å²) < 4.78 is 5.59. The van der Waals surface area contributed by atoms with Crippen LogP contribution < -0.4 is 4.74 Å². The smallest absolute Gasteiger partial charge is 0.308 e. The lowest BCUT2D eigenvalue weighted by Gasteiger charge is -2.19. The number of carbonyl (C=O) groups excluding carboxylic acids is 2. The van der Waals surface area contributed by atoms with Gasteiger partial charge in [-0.25, -0.2) is 0 Å². The molecular formula is C23H20O3S. The Morgan fingerprint density at radius 2 is 1.59 bits per heavy atom. The molecule has 0 aromatic heterocycles. The molecular weight excluding hydrogens is 356 g/mol. The van der Waals surface area contributed by atoms with Crippen LogP contribution in [0.1, 0.15) is 42.1 Å². The molecule has 1 aliphatic carbocycles. The molecule has 0 saturated carbocycles. The zero-order valence-electron chi connectivity index (χ0n) is 15.2. The van der Waals surface area contributed by atoms with Crippen molar-refractivity contribution in [1.82, 2.24) is 0 Å². The zero-order chi connectivity index (χ0) is 18.8. The third kappa shape index (κ3) is 3.50. The molecule has 1 aliphatic rings. The zero-order valence-corrected chi connectivity index (χ0v) is 16.0. The van der Waals surface area contributed by atoms with E-state index >= 15 is 0 Å². The van der Waals surface area contributed by atoms with Crippen LogP contribution in [0.3, 0.4) is 0 Å². The van der Waals surface area contributed by atoms with Gasteiger partial charge in [0.25, 0.3) is 0 Å². The molecule has 4 heteroatoms. The third-order valence-corrected chi connectivity index (χ3v) is 5.97. The topological polar surface area (TPSA) is 43.4 Å². The van der Waals surface area contributed by atoms with Gasteiger partial charge >= 0.3 is 5.97 Å². The van der Waals surface area contributed by atoms with Gasteiger partial charge in [0, 0.05) is 28.5 Å². The van der Waals surface area contributed by atoms with Crippen molar-refractivity contribution in [3.05, 3.63) is 65.7 Å². The summed E-state index contributed by atoms with van der Waals surface area (Å²) in [5, 5.41) is 1.84. The Hall–Kier alpha value is -2.59. The van der Waals surface area contributed by atoms with Crippen molar-refractivity contribution >= 4 is 34.3 Å². The second kappa shape index (κ2) is 7.57. The van der Waals surface area contributed by atoms with Crippen LogP contribution in [-0.2, 0) is 11.2 Å². The van der Waals surface area contributed by atoms with Gasteiger partial charge in [0.15, 0.2) is 5.78 Å². The van der Waals surface area contributed by atoms with Crippen molar-refractivity contribution in [2.24, 2.45) is 0 Å². The molecule has 0 heterocycles. The SMILES string of the molecule is CC(=O)Oc1c2c(c(Sc3ccccc3)c3ccccc13)CCCCC2=O. The summed E-state index contributed by atoms with van der Waals surface area (Å²) >= 11 is 1.68. The first kappa shape index (κ1) is 17.8. The molecule has 0 saturated heterocycles. The summed E-state index contributed by atoms with van der Waals surface area (Å²) in [6.45, 7) is 1.38. The first-order valence-corrected chi connectivity index (χ1v) is 9.99. The number of rotatable bonds is 3. The first-order valence-electron chi connectivity index (χ1n) is 9.17. The maximum Gasteiger partial charge on any atom is 0.308 e. The minimum Gasteiger partial charge on any atom is -0.425 e. The maximum absolute atomic E-state index is 13.0. The molecule has 0 N–H and O–H groups in total. The fourth-order valence-corrected chi connectivity index (χ4v) is 4.79. The monoisotopic (exact) mass is 376 g/mol. The van der Waals surface area contributed by atoms with Crippen LogP contribution in [-0.4, -0.2) is 11.8 Å². The second-order valence-corrected chi connectivity index (χ2v) is 7.78. The number of esters is 1. The summed E-state index contributed by atoms with van der Waals surface area (Å²) in [5.41, 5.74) is 1.61. The molecule has 3 aromatic carbocycles. The Kier molecular flexibility index (Phi) is 4.99. The number of ether oxygens (including phenoxy) is 1. The number of Topliss-reactive ketones (excluding diaryl/α,β-unsaturated/α-hetero) is 1. The minimum atomic E-state index is -0.400. The van der Waals surface area contributed by atoms with Gasteiger partial charge in [-0.15, -0.1) is 0 Å². The van der Waals surface area contributed by atoms with Gasteiger partial charge in [-0.2, -0.15) is 0 Å². The second-order valence-electron chi connectivity index (χ2n) is 6.70. The summed E-state index contributed by atoms with van der Waals surface area (Å²) in [4.78, 5) is 27.0. The summed E-state index contributed by atoms with van der Waals surface area (Å²) in [7, 11) is 0. The standard InChI is InChI=1S/C23H20O3S/c1-15(24)26-22-17-11-5-6-12-18(17)23(27-16-9-3-2-4-10-16)19-13-7-8-14-20(25)21(19)22/h2-6,9-12H,7-8,13-14H2,1H3. The largest absolute Gasteiger partial charge is 0.425 e. The van der Waals surface area contributed by atoms with E-state index in [1.807, 2.05) is 42.5 Å². The van der Waals surface area contributed by atoms with Crippen molar-refractivity contribution in [3.8, 4) is 5.75 Å². The third-order valence-electron chi connectivity index (χ3n) is 4.79. The maximum atomic E-state index is 13.0. The Labute approximate surface area is 162 Å². The van der Waals surface area contributed by atoms with Gasteiger partial charge in [0.1, 0.15) is 5.75 Å². The number of benzene rings is 3. The van der Waals surface area contributed by atoms with Crippen LogP contribution in [0.15, 0.2) is 64.4 Å². The van der Waals surface area contributed by atoms with E-state index in [-0.39, 0.29) is 5.78 Å². The lowest BCUT2D eigenvalue weighted by atomic mass is 9.95. The molecule has 0 amide bonds. The van der Waals surface area contributed by atoms with Crippen LogP contribution in [0.4, 0.5) is 0 Å². The molecule has 4 rings (SSSR count). The fraction of sp³-hybridized carbons (Fsp3) is 0.217. The van der Waals surface area contributed by atoms with E-state index in [2.05, 4.69) is 12.1 Å². The molecule has 0 unspecified atom stereocenters. The Morgan fingerprint density at radius 3 is 2.33 bits per heavy atom. The lowest BCUT2D eigenvalue weighted by Crippen LogP contribution is -2.11. The quantitative estimate of drug-likeness (QED) is 0.328. The van der Waals surface area contributed by atoms with Gasteiger partial charge in [-0.1, -0.05) is 54.2 Å². The van der Waals surface area contributed by atoms with Crippen molar-refractivity contribution in [3.63, 3.8) is 0 Å². The van der Waals surface area contributed by atoms with Crippen molar-refractivity contribution in [2.75, 3.05) is 0 Å². The highest BCUT2D eigenvalue weighted by atomic mass is 32.2. The van der Waals surface area contributed by atoms with Crippen LogP contribution in [0.25, 0.3) is 10.8 Å². The number of fused-ring (bicyclic) bond motifs is 2. The van der Waals surface area contributed by atoms with E-state index < -0.39 is 5.97 Å². The van der Waals surface area contributed by atoms with E-state index in [0.717, 1.165) is 45.4 Å². The first-order chi connectivity index (χ1) is 13.1. The summed E-state index contributed by atoms with van der Waals surface area (Å²) in [6, 6.07) is 18.1. The predicted octanol–water partition coefficient (Wildman–Crippen LogP) is 5.83. The molecule has 3 aromatic rings.